The smallest absolute Gasteiger partial charge is 0.321 e. The van der Waals surface area contributed by atoms with Crippen molar-refractivity contribution in [3.8, 4) is 0 Å². The molecule has 0 heterocycles. The number of nitrogens with one attached hydrogen (secondary N) is 1. The molecule has 2 aromatic rings. The van der Waals surface area contributed by atoms with Gasteiger partial charge in [0.15, 0.2) is 0 Å². The first-order valence-corrected chi connectivity index (χ1v) is 7.33. The number of carbonyl (C=O) groups excluding carboxylic acids is 1. The molecule has 0 radical (unpaired) electrons. The fourth-order valence-electron chi connectivity index (χ4n) is 2.39. The number of aliphatic hydroxyl groups is 1. The van der Waals surface area contributed by atoms with E-state index in [4.69, 9.17) is 0 Å². The Hall–Kier alpha value is -2.07. The maximum atomic E-state index is 12.4. The van der Waals surface area contributed by atoms with Crippen molar-refractivity contribution in [2.75, 3.05) is 18.4 Å². The van der Waals surface area contributed by atoms with Crippen molar-refractivity contribution in [2.45, 2.75) is 26.4 Å². The number of aliphatic hydroxyl groups excluding tert-OH is 1. The first-order chi connectivity index (χ1) is 10.1. The van der Waals surface area contributed by atoms with Gasteiger partial charge in [0.1, 0.15) is 0 Å². The zero-order chi connectivity index (χ0) is 15.2. The van der Waals surface area contributed by atoms with Crippen molar-refractivity contribution in [2.24, 2.45) is 0 Å². The molecule has 0 aliphatic rings. The van der Waals surface area contributed by atoms with Crippen LogP contribution in [0.1, 0.15) is 20.3 Å². The molecule has 0 saturated heterocycles. The van der Waals surface area contributed by atoms with E-state index in [1.54, 1.807) is 11.8 Å². The van der Waals surface area contributed by atoms with Gasteiger partial charge in [-0.1, -0.05) is 43.3 Å². The molecule has 112 valence electrons. The van der Waals surface area contributed by atoms with Crippen molar-refractivity contribution < 1.29 is 9.90 Å². The topological polar surface area (TPSA) is 52.6 Å². The number of hydrogen-bond acceptors (Lipinski definition) is 2. The van der Waals surface area contributed by atoms with Crippen LogP contribution in [0.2, 0.25) is 0 Å². The molecule has 0 aliphatic carbocycles. The van der Waals surface area contributed by atoms with Gasteiger partial charge in [0.2, 0.25) is 0 Å². The third-order valence-electron chi connectivity index (χ3n) is 3.30. The summed E-state index contributed by atoms with van der Waals surface area (Å²) >= 11 is 0. The molecule has 0 spiro atoms. The molecule has 1 atom stereocenters. The number of anilines is 1. The van der Waals surface area contributed by atoms with Crippen molar-refractivity contribution in [3.05, 3.63) is 42.5 Å². The Morgan fingerprint density at radius 3 is 2.67 bits per heavy atom. The number of nitrogens with zero attached hydrogens (tertiary/aromatic N) is 1. The molecule has 0 saturated carbocycles. The zero-order valence-corrected chi connectivity index (χ0v) is 12.5. The van der Waals surface area contributed by atoms with Crippen molar-refractivity contribution >= 4 is 22.5 Å². The van der Waals surface area contributed by atoms with Crippen LogP contribution in [0.25, 0.3) is 10.8 Å². The van der Waals surface area contributed by atoms with Crippen LogP contribution in [0.3, 0.4) is 0 Å². The second-order valence-electron chi connectivity index (χ2n) is 5.25. The van der Waals surface area contributed by atoms with Gasteiger partial charge >= 0.3 is 6.03 Å². The second-order valence-corrected chi connectivity index (χ2v) is 5.25. The van der Waals surface area contributed by atoms with Gasteiger partial charge in [0.05, 0.1) is 11.8 Å². The van der Waals surface area contributed by atoms with Gasteiger partial charge in [-0.05, 0) is 24.8 Å². The highest BCUT2D eigenvalue weighted by Gasteiger charge is 2.15. The Labute approximate surface area is 125 Å². The first-order valence-electron chi connectivity index (χ1n) is 7.33. The summed E-state index contributed by atoms with van der Waals surface area (Å²) in [4.78, 5) is 14.0. The summed E-state index contributed by atoms with van der Waals surface area (Å²) in [7, 11) is 0. The van der Waals surface area contributed by atoms with Gasteiger partial charge in [0, 0.05) is 18.5 Å². The monoisotopic (exact) mass is 286 g/mol. The van der Waals surface area contributed by atoms with Gasteiger partial charge in [0.25, 0.3) is 0 Å². The van der Waals surface area contributed by atoms with E-state index in [1.165, 1.54) is 0 Å². The predicted molar refractivity (Wildman–Crippen MR) is 86.5 cm³/mol. The lowest BCUT2D eigenvalue weighted by molar-refractivity contribution is 0.138. The van der Waals surface area contributed by atoms with Crippen LogP contribution in [0, 0.1) is 0 Å². The van der Waals surface area contributed by atoms with Gasteiger partial charge in [-0.2, -0.15) is 0 Å². The Morgan fingerprint density at radius 1 is 1.24 bits per heavy atom. The van der Waals surface area contributed by atoms with Gasteiger partial charge in [-0.3, -0.25) is 0 Å². The van der Waals surface area contributed by atoms with E-state index in [1.807, 2.05) is 49.4 Å². The Bertz CT molecular complexity index is 605. The van der Waals surface area contributed by atoms with E-state index in [0.29, 0.717) is 13.1 Å². The fraction of sp³-hybridized carbons (Fsp3) is 0.353. The summed E-state index contributed by atoms with van der Waals surface area (Å²) in [6.07, 6.45) is 0.324. The molecular formula is C17H22N2O2. The summed E-state index contributed by atoms with van der Waals surface area (Å²) < 4.78 is 0. The van der Waals surface area contributed by atoms with Crippen LogP contribution < -0.4 is 5.32 Å². The molecule has 0 fully saturated rings. The molecule has 0 aliphatic heterocycles. The number of rotatable bonds is 5. The lowest BCUT2D eigenvalue weighted by Crippen LogP contribution is -2.40. The standard InChI is InChI=1S/C17H22N2O2/c1-3-11-19(12-13(2)20)17(21)18-16-10-6-8-14-7-4-5-9-15(14)16/h4-10,13,20H,3,11-12H2,1-2H3,(H,18,21)/t13-/m0/s1. The van der Waals surface area contributed by atoms with E-state index in [9.17, 15) is 9.90 Å². The number of fused-ring (bicyclic) bond motifs is 1. The van der Waals surface area contributed by atoms with Gasteiger partial charge in [-0.25, -0.2) is 4.79 Å². The molecular weight excluding hydrogens is 264 g/mol. The van der Waals surface area contributed by atoms with Crippen molar-refractivity contribution in [1.82, 2.24) is 4.90 Å². The number of urea groups is 1. The maximum Gasteiger partial charge on any atom is 0.321 e. The summed E-state index contributed by atoms with van der Waals surface area (Å²) in [5.74, 6) is 0. The predicted octanol–water partition coefficient (Wildman–Crippen LogP) is 3.46. The first kappa shape index (κ1) is 15.3. The van der Waals surface area contributed by atoms with Crippen LogP contribution in [0.5, 0.6) is 0 Å². The highest BCUT2D eigenvalue weighted by atomic mass is 16.3. The minimum atomic E-state index is -0.533. The second kappa shape index (κ2) is 7.09. The molecule has 2 N–H and O–H groups in total. The lowest BCUT2D eigenvalue weighted by atomic mass is 10.1. The van der Waals surface area contributed by atoms with Gasteiger partial charge < -0.3 is 15.3 Å². The van der Waals surface area contributed by atoms with Crippen LogP contribution in [0.15, 0.2) is 42.5 Å². The van der Waals surface area contributed by atoms with E-state index in [-0.39, 0.29) is 6.03 Å². The number of amides is 2. The molecule has 2 rings (SSSR count). The number of benzene rings is 2. The Morgan fingerprint density at radius 2 is 1.95 bits per heavy atom. The highest BCUT2D eigenvalue weighted by Crippen LogP contribution is 2.23. The van der Waals surface area contributed by atoms with E-state index in [2.05, 4.69) is 5.32 Å². The molecule has 21 heavy (non-hydrogen) atoms. The van der Waals surface area contributed by atoms with Crippen LogP contribution in [-0.2, 0) is 0 Å². The molecule has 0 unspecified atom stereocenters. The molecule has 0 aromatic heterocycles. The highest BCUT2D eigenvalue weighted by molar-refractivity contribution is 6.01. The van der Waals surface area contributed by atoms with Gasteiger partial charge in [-0.15, -0.1) is 0 Å². The number of carbonyl (C=O) groups is 1. The summed E-state index contributed by atoms with van der Waals surface area (Å²) in [6, 6.07) is 13.6. The zero-order valence-electron chi connectivity index (χ0n) is 12.5. The normalized spacial score (nSPS) is 12.1. The summed E-state index contributed by atoms with van der Waals surface area (Å²) in [6.45, 7) is 4.67. The third-order valence-corrected chi connectivity index (χ3v) is 3.30. The quantitative estimate of drug-likeness (QED) is 0.884. The summed E-state index contributed by atoms with van der Waals surface area (Å²) in [5.41, 5.74) is 0.796. The summed E-state index contributed by atoms with van der Waals surface area (Å²) in [5, 5.41) is 14.6. The van der Waals surface area contributed by atoms with Crippen molar-refractivity contribution in [3.63, 3.8) is 0 Å². The average Bonchev–Trinajstić information content (AvgIpc) is 2.47. The third kappa shape index (κ3) is 3.95. The van der Waals surface area contributed by atoms with Crippen LogP contribution >= 0.6 is 0 Å². The van der Waals surface area contributed by atoms with E-state index in [0.717, 1.165) is 22.9 Å². The fourth-order valence-corrected chi connectivity index (χ4v) is 2.39. The molecule has 2 aromatic carbocycles. The molecule has 4 heteroatoms. The lowest BCUT2D eigenvalue weighted by Gasteiger charge is -2.24. The Balaban J connectivity index is 2.20. The minimum absolute atomic E-state index is 0.172. The number of hydrogen-bond donors (Lipinski definition) is 2. The van der Waals surface area contributed by atoms with E-state index < -0.39 is 6.10 Å². The Kier molecular flexibility index (Phi) is 5.17. The largest absolute Gasteiger partial charge is 0.392 e. The van der Waals surface area contributed by atoms with Crippen LogP contribution in [-0.4, -0.2) is 35.2 Å². The minimum Gasteiger partial charge on any atom is -0.392 e. The maximum absolute atomic E-state index is 12.4. The van der Waals surface area contributed by atoms with Crippen LogP contribution in [0.4, 0.5) is 10.5 Å². The molecule has 0 bridgehead atoms. The van der Waals surface area contributed by atoms with E-state index >= 15 is 0 Å². The molecule has 4 nitrogen and oxygen atoms in total. The van der Waals surface area contributed by atoms with Crippen molar-refractivity contribution in [1.29, 1.82) is 0 Å². The average molecular weight is 286 g/mol. The SMILES string of the molecule is CCCN(C[C@H](C)O)C(=O)Nc1cccc2ccccc12. The molecule has 2 amide bonds.